The van der Waals surface area contributed by atoms with Gasteiger partial charge >= 0.3 is 5.97 Å². The molecular weight excluding hydrogens is 697 g/mol. The van der Waals surface area contributed by atoms with E-state index in [1.54, 1.807) is 32.0 Å². The number of benzene rings is 1. The smallest absolute Gasteiger partial charge is 0.326 e. The molecule has 1 heterocycles. The summed E-state index contributed by atoms with van der Waals surface area (Å²) in [5.74, 6) is -3.84. The summed E-state index contributed by atoms with van der Waals surface area (Å²) in [4.78, 5) is 70.8. The van der Waals surface area contributed by atoms with E-state index in [4.69, 9.17) is 9.47 Å². The molecule has 14 heteroatoms. The maximum atomic E-state index is 14.4. The van der Waals surface area contributed by atoms with Gasteiger partial charge in [-0.2, -0.15) is 0 Å². The van der Waals surface area contributed by atoms with E-state index in [1.807, 2.05) is 46.4 Å². The Morgan fingerprint density at radius 2 is 1.61 bits per heavy atom. The number of amides is 4. The van der Waals surface area contributed by atoms with Crippen LogP contribution in [0.4, 0.5) is 4.39 Å². The molecule has 4 unspecified atom stereocenters. The van der Waals surface area contributed by atoms with Gasteiger partial charge < -0.3 is 40.3 Å². The number of carbonyl (C=O) groups excluding carboxylic acids is 4. The lowest BCUT2D eigenvalue weighted by Crippen LogP contribution is -2.59. The number of hydrogen-bond donors (Lipinski definition) is 4. The summed E-state index contributed by atoms with van der Waals surface area (Å²) in [7, 11) is 6.42. The van der Waals surface area contributed by atoms with E-state index in [1.165, 1.54) is 32.4 Å². The van der Waals surface area contributed by atoms with Gasteiger partial charge in [0, 0.05) is 33.7 Å². The average molecular weight is 762 g/mol. The third kappa shape index (κ3) is 10.8. The van der Waals surface area contributed by atoms with Crippen LogP contribution < -0.4 is 16.0 Å². The first kappa shape index (κ1) is 44.8. The van der Waals surface area contributed by atoms with Crippen LogP contribution in [0.1, 0.15) is 79.7 Å². The summed E-state index contributed by atoms with van der Waals surface area (Å²) in [5.41, 5.74) is 0.431. The molecule has 4 amide bonds. The number of ether oxygens (including phenoxy) is 2. The second-order valence-electron chi connectivity index (χ2n) is 15.9. The second kappa shape index (κ2) is 19.8. The molecule has 304 valence electrons. The van der Waals surface area contributed by atoms with Crippen LogP contribution in [0.2, 0.25) is 0 Å². The van der Waals surface area contributed by atoms with Gasteiger partial charge in [-0.1, -0.05) is 67.0 Å². The number of likely N-dealkylation sites (N-methyl/N-ethyl adjacent to an activating group) is 2. The number of methoxy groups -OCH3 is 2. The molecule has 1 saturated heterocycles. The number of nitrogens with one attached hydrogen (secondary N) is 3. The third-order valence-electron chi connectivity index (χ3n) is 11.5. The molecule has 13 nitrogen and oxygen atoms in total. The molecule has 1 aromatic carbocycles. The zero-order chi connectivity index (χ0) is 40.6. The van der Waals surface area contributed by atoms with Crippen molar-refractivity contribution in [2.24, 2.45) is 29.6 Å². The molecule has 1 aromatic rings. The van der Waals surface area contributed by atoms with E-state index in [0.717, 1.165) is 6.42 Å². The summed E-state index contributed by atoms with van der Waals surface area (Å²) in [6, 6.07) is 2.06. The number of rotatable bonds is 21. The van der Waals surface area contributed by atoms with Gasteiger partial charge in [0.25, 0.3) is 0 Å². The quantitative estimate of drug-likeness (QED) is 0.147. The van der Waals surface area contributed by atoms with Crippen LogP contribution in [0.5, 0.6) is 0 Å². The normalized spacial score (nSPS) is 22.3. The summed E-state index contributed by atoms with van der Waals surface area (Å²) in [6.45, 7) is 13.3. The van der Waals surface area contributed by atoms with Crippen molar-refractivity contribution in [3.8, 4) is 0 Å². The number of likely N-dealkylation sites (tertiary alicyclic amines) is 1. The van der Waals surface area contributed by atoms with Crippen molar-refractivity contribution < 1.29 is 42.9 Å². The maximum Gasteiger partial charge on any atom is 0.326 e. The Kier molecular flexibility index (Phi) is 16.4. The summed E-state index contributed by atoms with van der Waals surface area (Å²) >= 11 is 0. The zero-order valence-electron chi connectivity index (χ0n) is 33.9. The molecule has 2 fully saturated rings. The van der Waals surface area contributed by atoms with Crippen LogP contribution >= 0.6 is 0 Å². The first-order chi connectivity index (χ1) is 25.4. The Balaban J connectivity index is 1.80. The largest absolute Gasteiger partial charge is 0.480 e. The number of carbonyl (C=O) groups is 5. The molecule has 1 aliphatic heterocycles. The van der Waals surface area contributed by atoms with Crippen LogP contribution in [0.25, 0.3) is 0 Å². The van der Waals surface area contributed by atoms with E-state index in [2.05, 4.69) is 16.0 Å². The molecular formula is C40H64FN5O8. The van der Waals surface area contributed by atoms with Gasteiger partial charge in [-0.25, -0.2) is 9.18 Å². The average Bonchev–Trinajstić information content (AvgIpc) is 3.78. The first-order valence-corrected chi connectivity index (χ1v) is 19.3. The van der Waals surface area contributed by atoms with Gasteiger partial charge in [0.15, 0.2) is 0 Å². The summed E-state index contributed by atoms with van der Waals surface area (Å²) < 4.78 is 25.7. The van der Waals surface area contributed by atoms with Crippen molar-refractivity contribution in [1.29, 1.82) is 0 Å². The molecule has 54 heavy (non-hydrogen) atoms. The second-order valence-corrected chi connectivity index (χ2v) is 15.9. The van der Waals surface area contributed by atoms with E-state index >= 15 is 0 Å². The van der Waals surface area contributed by atoms with Crippen molar-refractivity contribution in [1.82, 2.24) is 25.8 Å². The lowest BCUT2D eigenvalue weighted by molar-refractivity contribution is -0.149. The first-order valence-electron chi connectivity index (χ1n) is 19.3. The monoisotopic (exact) mass is 761 g/mol. The van der Waals surface area contributed by atoms with Gasteiger partial charge in [0.1, 0.15) is 17.9 Å². The van der Waals surface area contributed by atoms with Crippen molar-refractivity contribution in [3.05, 3.63) is 35.6 Å². The fourth-order valence-corrected chi connectivity index (χ4v) is 8.15. The molecule has 3 rings (SSSR count). The third-order valence-corrected chi connectivity index (χ3v) is 11.5. The lowest BCUT2D eigenvalue weighted by Gasteiger charge is -2.41. The van der Waals surface area contributed by atoms with Gasteiger partial charge in [-0.3, -0.25) is 19.2 Å². The highest BCUT2D eigenvalue weighted by molar-refractivity contribution is 5.90. The standard InChI is InChI=1S/C40H64FN5O8/c1-12-23(6)35(45(9)39(50)34(22(4)5)44-38(49)33(42-8)21(2)3)31(53-10)20-32(47)46-29-18-26(29)19-30(46)36(54-11)24(7)37(48)43-28(40(51)52)17-25-14-13-15-27(41)16-25/h13-16,21-24,26,28-31,33-36,42H,12,17-20H2,1-11H3,(H,43,48)(H,44,49)(H,51,52)/t23-,24+,26-,28?,29-,30-,31+,33-,34?,35?,36?/m0/s1. The fraction of sp³-hybridized carbons (Fsp3) is 0.725. The van der Waals surface area contributed by atoms with Gasteiger partial charge in [-0.05, 0) is 61.3 Å². The van der Waals surface area contributed by atoms with Gasteiger partial charge in [0.2, 0.25) is 23.6 Å². The van der Waals surface area contributed by atoms with E-state index < -0.39 is 66.0 Å². The molecule has 0 bridgehead atoms. The summed E-state index contributed by atoms with van der Waals surface area (Å²) in [6.07, 6.45) is 0.626. The van der Waals surface area contributed by atoms with Crippen LogP contribution in [-0.4, -0.2) is 121 Å². The molecule has 4 N–H and O–H groups in total. The number of piperidine rings is 1. The van der Waals surface area contributed by atoms with Crippen molar-refractivity contribution in [2.45, 2.75) is 129 Å². The fourth-order valence-electron chi connectivity index (χ4n) is 8.15. The molecule has 1 aliphatic carbocycles. The SMILES string of the molecule is CC[C@H](C)C([C@@H](CC(=O)N1[C@H](C(OC)[C@@H](C)C(=O)NC(Cc2cccc(F)c2)C(=O)O)C[C@@H]2C[C@@H]21)OC)N(C)C(=O)C(NC(=O)[C@@H](NC)C(C)C)C(C)C. The number of halogens is 1. The number of hydrogen-bond acceptors (Lipinski definition) is 8. The highest BCUT2D eigenvalue weighted by atomic mass is 19.1. The van der Waals surface area contributed by atoms with Crippen molar-refractivity contribution in [3.63, 3.8) is 0 Å². The lowest BCUT2D eigenvalue weighted by atomic mass is 9.89. The highest BCUT2D eigenvalue weighted by Gasteiger charge is 2.57. The Morgan fingerprint density at radius 1 is 0.963 bits per heavy atom. The van der Waals surface area contributed by atoms with Crippen LogP contribution in [0.3, 0.4) is 0 Å². The predicted molar refractivity (Wildman–Crippen MR) is 203 cm³/mol. The Hall–Kier alpha value is -3.62. The van der Waals surface area contributed by atoms with Crippen LogP contribution in [0.15, 0.2) is 24.3 Å². The number of carboxylic acids is 1. The minimum Gasteiger partial charge on any atom is -0.480 e. The molecule has 0 radical (unpaired) electrons. The van der Waals surface area contributed by atoms with E-state index in [9.17, 15) is 33.5 Å². The molecule has 11 atom stereocenters. The van der Waals surface area contributed by atoms with E-state index in [0.29, 0.717) is 18.4 Å². The maximum absolute atomic E-state index is 14.4. The van der Waals surface area contributed by atoms with Crippen molar-refractivity contribution in [2.75, 3.05) is 28.3 Å². The number of aliphatic carboxylic acids is 1. The van der Waals surface area contributed by atoms with Crippen molar-refractivity contribution >= 4 is 29.6 Å². The van der Waals surface area contributed by atoms with E-state index in [-0.39, 0.29) is 60.3 Å². The molecule has 1 saturated carbocycles. The van der Waals surface area contributed by atoms with Crippen LogP contribution in [-0.2, 0) is 39.9 Å². The zero-order valence-corrected chi connectivity index (χ0v) is 33.9. The Morgan fingerprint density at radius 3 is 2.13 bits per heavy atom. The molecule has 2 aliphatic rings. The number of fused-ring (bicyclic) bond motifs is 1. The number of carboxylic acid groups (broad SMARTS) is 1. The minimum atomic E-state index is -1.29. The highest BCUT2D eigenvalue weighted by Crippen LogP contribution is 2.50. The van der Waals surface area contributed by atoms with Gasteiger partial charge in [-0.15, -0.1) is 0 Å². The number of nitrogens with zero attached hydrogens (tertiary/aromatic N) is 2. The minimum absolute atomic E-state index is 0.0105. The Bertz CT molecular complexity index is 1460. The van der Waals surface area contributed by atoms with Gasteiger partial charge in [0.05, 0.1) is 42.7 Å². The summed E-state index contributed by atoms with van der Waals surface area (Å²) in [5, 5.41) is 18.5. The van der Waals surface area contributed by atoms with Crippen LogP contribution in [0, 0.1) is 35.4 Å². The molecule has 0 aromatic heterocycles. The molecule has 0 spiro atoms. The topological polar surface area (TPSA) is 167 Å². The predicted octanol–water partition coefficient (Wildman–Crippen LogP) is 3.24. The Labute approximate surface area is 320 Å².